The molecule has 2 N–H and O–H groups in total. The standard InChI is InChI=1S/Mg.Nd.H2O.Y.2H/h;;1H2;;;/q+2;;;;2*-1. The fraction of sp³-hybridized carbons (Fsp3) is 0. The van der Waals surface area contributed by atoms with Crippen LogP contribution in [-0.4, -0.2) is 28.5 Å². The van der Waals surface area contributed by atoms with Crippen LogP contribution in [0.25, 0.3) is 0 Å². The van der Waals surface area contributed by atoms with Crippen molar-refractivity contribution in [2.24, 2.45) is 0 Å². The molecule has 1 radical (unpaired) electrons. The molecule has 4 heteroatoms. The van der Waals surface area contributed by atoms with Crippen molar-refractivity contribution in [1.82, 2.24) is 0 Å². The summed E-state index contributed by atoms with van der Waals surface area (Å²) in [7, 11) is 0. The van der Waals surface area contributed by atoms with Gasteiger partial charge in [0.05, 0.1) is 0 Å². The summed E-state index contributed by atoms with van der Waals surface area (Å²) < 4.78 is 0. The van der Waals surface area contributed by atoms with E-state index >= 15 is 0 Å². The molecule has 0 saturated carbocycles. The molecule has 0 spiro atoms. The van der Waals surface area contributed by atoms with Crippen LogP contribution in [0.15, 0.2) is 0 Å². The normalized spacial score (nSPS) is 0. The van der Waals surface area contributed by atoms with E-state index in [4.69, 9.17) is 0 Å². The minimum atomic E-state index is 0. The molecule has 1 nitrogen and oxygen atoms in total. The summed E-state index contributed by atoms with van der Waals surface area (Å²) in [6.07, 6.45) is 0. The molecule has 0 saturated heterocycles. The molecule has 0 unspecified atom stereocenters. The summed E-state index contributed by atoms with van der Waals surface area (Å²) in [5, 5.41) is 0. The van der Waals surface area contributed by atoms with E-state index in [1.54, 1.807) is 0 Å². The molecule has 0 aliphatic heterocycles. The first-order valence-corrected chi connectivity index (χ1v) is 0. The number of hydrogen-bond donors (Lipinski definition) is 0. The van der Waals surface area contributed by atoms with Gasteiger partial charge >= 0.3 is 23.1 Å². The Kier molecular flexibility index (Phi) is 111. The number of rotatable bonds is 0. The van der Waals surface area contributed by atoms with Gasteiger partial charge in [-0.05, 0) is 0 Å². The van der Waals surface area contributed by atoms with Crippen molar-refractivity contribution in [3.8, 4) is 0 Å². The first-order valence-electron chi connectivity index (χ1n) is 0. The van der Waals surface area contributed by atoms with Crippen LogP contribution in [0.5, 0.6) is 0 Å². The molecule has 0 aromatic carbocycles. The maximum absolute atomic E-state index is 0. The Morgan fingerprint density at radius 2 is 1.25 bits per heavy atom. The SMILES string of the molecule is O.[H-].[H-].[Mg+2].[Nd].[Y]. The third-order valence-corrected chi connectivity index (χ3v) is 0. The van der Waals surface area contributed by atoms with Crippen molar-refractivity contribution in [3.63, 3.8) is 0 Å². The maximum atomic E-state index is 0. The average Bonchev–Trinajstić information content (AvgIpc) is 0. The topological polar surface area (TPSA) is 31.5 Å². The van der Waals surface area contributed by atoms with Gasteiger partial charge in [0.2, 0.25) is 0 Å². The van der Waals surface area contributed by atoms with Crippen LogP contribution in [0.3, 0.4) is 0 Å². The molecule has 0 aliphatic carbocycles. The Morgan fingerprint density at radius 1 is 1.25 bits per heavy atom. The smallest absolute Gasteiger partial charge is 1.00 e. The molecule has 0 aliphatic rings. The fourth-order valence-corrected chi connectivity index (χ4v) is 0. The molecule has 0 bridgehead atoms. The predicted octanol–water partition coefficient (Wildman–Crippen LogP) is -0.983. The van der Waals surface area contributed by atoms with E-state index in [9.17, 15) is 0 Å². The van der Waals surface area contributed by atoms with Gasteiger partial charge in [0.15, 0.2) is 0 Å². The Morgan fingerprint density at radius 3 is 1.25 bits per heavy atom. The summed E-state index contributed by atoms with van der Waals surface area (Å²) in [5.74, 6) is 0. The van der Waals surface area contributed by atoms with Crippen molar-refractivity contribution in [2.75, 3.05) is 0 Å². The third-order valence-electron chi connectivity index (χ3n) is 0. The second-order valence-electron chi connectivity index (χ2n) is 0. The van der Waals surface area contributed by atoms with E-state index in [2.05, 4.69) is 0 Å². The second-order valence-corrected chi connectivity index (χ2v) is 0. The first kappa shape index (κ1) is 27.1. The van der Waals surface area contributed by atoms with Crippen LogP contribution >= 0.6 is 0 Å². The zero-order valence-corrected chi connectivity index (χ0v) is 9.75. The first-order chi connectivity index (χ1) is 0. The molecular weight excluding hydrogens is 273 g/mol. The Bertz CT molecular complexity index is 13.5. The summed E-state index contributed by atoms with van der Waals surface area (Å²) in [5.41, 5.74) is 0. The van der Waals surface area contributed by atoms with E-state index in [1.165, 1.54) is 0 Å². The zero-order valence-electron chi connectivity index (χ0n) is 4.28. The Balaban J connectivity index is 0. The molecule has 0 aromatic rings. The van der Waals surface area contributed by atoms with Crippen LogP contribution in [-0.2, 0) is 32.7 Å². The maximum Gasteiger partial charge on any atom is 2.00 e. The Labute approximate surface area is 103 Å². The van der Waals surface area contributed by atoms with Crippen LogP contribution in [0.4, 0.5) is 0 Å². The van der Waals surface area contributed by atoms with Gasteiger partial charge in [-0.1, -0.05) is 0 Å². The van der Waals surface area contributed by atoms with Crippen molar-refractivity contribution in [2.45, 2.75) is 0 Å². The molecule has 0 rings (SSSR count). The van der Waals surface area contributed by atoms with Gasteiger partial charge in [-0.3, -0.25) is 0 Å². The molecule has 0 fully saturated rings. The van der Waals surface area contributed by atoms with Gasteiger partial charge in [-0.2, -0.15) is 0 Å². The van der Waals surface area contributed by atoms with E-state index in [1.807, 2.05) is 0 Å². The molecule has 19 valence electrons. The van der Waals surface area contributed by atoms with Crippen LogP contribution in [0.2, 0.25) is 0 Å². The van der Waals surface area contributed by atoms with Crippen molar-refractivity contribution in [1.29, 1.82) is 0 Å². The summed E-state index contributed by atoms with van der Waals surface area (Å²) in [4.78, 5) is 0. The van der Waals surface area contributed by atoms with Gasteiger partial charge in [0.1, 0.15) is 0 Å². The largest absolute Gasteiger partial charge is 2.00 e. The van der Waals surface area contributed by atoms with E-state index in [0.29, 0.717) is 0 Å². The minimum absolute atomic E-state index is 0. The molecule has 0 heterocycles. The number of hydrogen-bond acceptors (Lipinski definition) is 0. The monoisotopic (exact) mass is 275 g/mol. The summed E-state index contributed by atoms with van der Waals surface area (Å²) in [6.45, 7) is 0. The van der Waals surface area contributed by atoms with Gasteiger partial charge in [0, 0.05) is 73.5 Å². The van der Waals surface area contributed by atoms with E-state index < -0.39 is 0 Å². The average molecular weight is 277 g/mol. The van der Waals surface area contributed by atoms with Crippen molar-refractivity contribution >= 4 is 23.1 Å². The second kappa shape index (κ2) is 16.4. The molecule has 0 amide bonds. The van der Waals surface area contributed by atoms with Crippen LogP contribution < -0.4 is 0 Å². The quantitative estimate of drug-likeness (QED) is 0.510. The molecule has 4 heavy (non-hydrogen) atoms. The van der Waals surface area contributed by atoms with Gasteiger partial charge in [0.25, 0.3) is 0 Å². The summed E-state index contributed by atoms with van der Waals surface area (Å²) in [6, 6.07) is 0. The van der Waals surface area contributed by atoms with Crippen LogP contribution in [0.1, 0.15) is 2.85 Å². The van der Waals surface area contributed by atoms with Crippen LogP contribution in [0, 0.1) is 40.8 Å². The Hall–Kier alpha value is 3.18. The minimum Gasteiger partial charge on any atom is -1.00 e. The molecule has 0 atom stereocenters. The zero-order chi connectivity index (χ0) is 0. The van der Waals surface area contributed by atoms with E-state index in [0.717, 1.165) is 0 Å². The third kappa shape index (κ3) is 8.95. The van der Waals surface area contributed by atoms with Crippen molar-refractivity contribution in [3.05, 3.63) is 0 Å². The van der Waals surface area contributed by atoms with Gasteiger partial charge in [-0.25, -0.2) is 0 Å². The van der Waals surface area contributed by atoms with Gasteiger partial charge in [-0.15, -0.1) is 0 Å². The molecule has 0 aromatic heterocycles. The molecular formula is H4MgNdOY. The van der Waals surface area contributed by atoms with Crippen molar-refractivity contribution < 1.29 is 81.9 Å². The summed E-state index contributed by atoms with van der Waals surface area (Å²) >= 11 is 0. The predicted molar refractivity (Wildman–Crippen MR) is 11.6 cm³/mol. The fourth-order valence-electron chi connectivity index (χ4n) is 0. The van der Waals surface area contributed by atoms with Gasteiger partial charge < -0.3 is 8.33 Å². The van der Waals surface area contributed by atoms with E-state index in [-0.39, 0.29) is 105 Å².